The van der Waals surface area contributed by atoms with Crippen molar-refractivity contribution in [2.24, 2.45) is 5.92 Å². The Morgan fingerprint density at radius 1 is 1.22 bits per heavy atom. The molecule has 0 bridgehead atoms. The predicted octanol–water partition coefficient (Wildman–Crippen LogP) is 5.01. The molecule has 2 saturated heterocycles. The number of hydrogen-bond donors (Lipinski definition) is 0. The largest absolute Gasteiger partial charge is 0.377 e. The van der Waals surface area contributed by atoms with Crippen LogP contribution < -0.4 is 10.2 Å². The highest BCUT2D eigenvalue weighted by Crippen LogP contribution is 2.50. The number of ether oxygens (including phenoxy) is 2. The Bertz CT molecular complexity index is 1270. The minimum Gasteiger partial charge on any atom is -0.377 e. The number of nitrogens with zero attached hydrogens (tertiary/aromatic N) is 5. The van der Waals surface area contributed by atoms with E-state index in [1.807, 2.05) is 29.8 Å². The van der Waals surface area contributed by atoms with Gasteiger partial charge < -0.3 is 18.9 Å². The second-order valence-electron chi connectivity index (χ2n) is 10.3. The van der Waals surface area contributed by atoms with Crippen molar-refractivity contribution >= 4 is 29.4 Å². The molecule has 0 N–H and O–H groups in total. The zero-order chi connectivity index (χ0) is 26.0. The summed E-state index contributed by atoms with van der Waals surface area (Å²) < 4.78 is 34.3. The molecule has 3 atom stereocenters. The highest BCUT2D eigenvalue weighted by Gasteiger charge is 2.33. The van der Waals surface area contributed by atoms with Gasteiger partial charge in [-0.05, 0) is 57.2 Å². The van der Waals surface area contributed by atoms with Crippen LogP contribution in [0.3, 0.4) is 0 Å². The first-order valence-electron chi connectivity index (χ1n) is 13.4. The molecule has 0 aliphatic carbocycles. The first-order valence-corrected chi connectivity index (χ1v) is 15.3. The molecule has 0 saturated carbocycles. The second-order valence-corrected chi connectivity index (χ2v) is 12.8. The lowest BCUT2D eigenvalue weighted by Gasteiger charge is -2.35. The van der Waals surface area contributed by atoms with E-state index in [2.05, 4.69) is 30.8 Å². The summed E-state index contributed by atoms with van der Waals surface area (Å²) in [6.07, 6.45) is 6.95. The first-order chi connectivity index (χ1) is 17.9. The van der Waals surface area contributed by atoms with Gasteiger partial charge in [-0.3, -0.25) is 9.55 Å². The summed E-state index contributed by atoms with van der Waals surface area (Å²) in [6, 6.07) is 6.00. The number of rotatable bonds is 8. The molecule has 2 aliphatic rings. The zero-order valence-corrected chi connectivity index (χ0v) is 23.2. The van der Waals surface area contributed by atoms with Crippen LogP contribution in [0.5, 0.6) is 0 Å². The molecule has 200 valence electrons. The van der Waals surface area contributed by atoms with E-state index in [4.69, 9.17) is 24.0 Å². The number of anilines is 1. The lowest BCUT2D eigenvalue weighted by molar-refractivity contribution is -0.0383. The number of morpholine rings is 1. The molecule has 2 unspecified atom stereocenters. The fourth-order valence-electron chi connectivity index (χ4n) is 5.36. The lowest BCUT2D eigenvalue weighted by Crippen LogP contribution is -2.44. The SMILES string of the molecule is CCOP(=O)(CC(C)C)c1cc(N2CCOC[C@H]2C)nc2c(-c3ccnn3C3CCCCO3)nccc12. The maximum Gasteiger partial charge on any atom is 0.233 e. The van der Waals surface area contributed by atoms with Crippen molar-refractivity contribution in [2.75, 3.05) is 44.0 Å². The van der Waals surface area contributed by atoms with Crippen LogP contribution >= 0.6 is 7.37 Å². The van der Waals surface area contributed by atoms with Gasteiger partial charge in [-0.15, -0.1) is 0 Å². The average molecular weight is 528 g/mol. The standard InChI is InChI=1S/C27H38N5O4P/c1-5-36-37(33,18-19(2)3)23-16-24(31-13-15-34-17-20(31)4)30-26-21(23)9-11-28-27(26)22-10-12-29-32(22)25-8-6-7-14-35-25/h9-12,16,19-20,25H,5-8,13-15,17-18H2,1-4H3/t20-,25?,37?/m1/s1. The van der Waals surface area contributed by atoms with Gasteiger partial charge in [0.15, 0.2) is 6.23 Å². The average Bonchev–Trinajstić information content (AvgIpc) is 3.38. The van der Waals surface area contributed by atoms with Crippen molar-refractivity contribution in [1.82, 2.24) is 19.7 Å². The van der Waals surface area contributed by atoms with Gasteiger partial charge in [0, 0.05) is 37.1 Å². The Balaban J connectivity index is 1.73. The molecule has 37 heavy (non-hydrogen) atoms. The molecule has 0 radical (unpaired) electrons. The van der Waals surface area contributed by atoms with E-state index >= 15 is 0 Å². The molecule has 5 heterocycles. The molecular formula is C27H38N5O4P. The van der Waals surface area contributed by atoms with Crippen molar-refractivity contribution < 1.29 is 18.6 Å². The number of aromatic nitrogens is 4. The van der Waals surface area contributed by atoms with Gasteiger partial charge in [0.25, 0.3) is 0 Å². The summed E-state index contributed by atoms with van der Waals surface area (Å²) in [5.41, 5.74) is 2.26. The van der Waals surface area contributed by atoms with Gasteiger partial charge in [-0.1, -0.05) is 13.8 Å². The molecular weight excluding hydrogens is 489 g/mol. The fourth-order valence-corrected chi connectivity index (χ4v) is 8.04. The van der Waals surface area contributed by atoms with Crippen LogP contribution in [0, 0.1) is 5.92 Å². The molecule has 10 heteroatoms. The number of fused-ring (bicyclic) bond motifs is 1. The van der Waals surface area contributed by atoms with Crippen LogP contribution in [-0.4, -0.2) is 64.9 Å². The highest BCUT2D eigenvalue weighted by molar-refractivity contribution is 7.67. The zero-order valence-electron chi connectivity index (χ0n) is 22.3. The van der Waals surface area contributed by atoms with Crippen LogP contribution in [0.15, 0.2) is 30.6 Å². The topological polar surface area (TPSA) is 91.6 Å². The minimum absolute atomic E-state index is 0.131. The normalized spacial score (nSPS) is 22.5. The summed E-state index contributed by atoms with van der Waals surface area (Å²) in [5, 5.41) is 6.13. The van der Waals surface area contributed by atoms with Crippen molar-refractivity contribution in [1.29, 1.82) is 0 Å². The van der Waals surface area contributed by atoms with E-state index in [-0.39, 0.29) is 18.2 Å². The van der Waals surface area contributed by atoms with Gasteiger partial charge in [-0.2, -0.15) is 5.10 Å². The van der Waals surface area contributed by atoms with Gasteiger partial charge in [0.2, 0.25) is 7.37 Å². The van der Waals surface area contributed by atoms with Crippen molar-refractivity contribution in [3.05, 3.63) is 30.6 Å². The Morgan fingerprint density at radius 2 is 2.08 bits per heavy atom. The third-order valence-electron chi connectivity index (χ3n) is 7.01. The third-order valence-corrected chi connectivity index (χ3v) is 10.00. The highest BCUT2D eigenvalue weighted by atomic mass is 31.2. The van der Waals surface area contributed by atoms with E-state index < -0.39 is 7.37 Å². The Labute approximate surface area is 219 Å². The van der Waals surface area contributed by atoms with E-state index in [1.54, 1.807) is 12.4 Å². The van der Waals surface area contributed by atoms with E-state index in [9.17, 15) is 4.57 Å². The lowest BCUT2D eigenvalue weighted by atomic mass is 10.1. The molecule has 0 spiro atoms. The number of pyridine rings is 2. The van der Waals surface area contributed by atoms with E-state index in [0.29, 0.717) is 49.0 Å². The van der Waals surface area contributed by atoms with Crippen LogP contribution in [-0.2, 0) is 18.6 Å². The van der Waals surface area contributed by atoms with E-state index in [1.165, 1.54) is 0 Å². The molecule has 2 fully saturated rings. The van der Waals surface area contributed by atoms with Gasteiger partial charge >= 0.3 is 0 Å². The summed E-state index contributed by atoms with van der Waals surface area (Å²) >= 11 is 0. The van der Waals surface area contributed by atoms with Gasteiger partial charge in [0.05, 0.1) is 36.9 Å². The summed E-state index contributed by atoms with van der Waals surface area (Å²) in [7, 11) is -3.18. The molecule has 5 rings (SSSR count). The van der Waals surface area contributed by atoms with Crippen LogP contribution in [0.1, 0.15) is 53.2 Å². The van der Waals surface area contributed by atoms with Crippen LogP contribution in [0.4, 0.5) is 5.82 Å². The molecule has 2 aliphatic heterocycles. The summed E-state index contributed by atoms with van der Waals surface area (Å²) in [5.74, 6) is 0.980. The molecule has 0 aromatic carbocycles. The molecule has 3 aromatic heterocycles. The predicted molar refractivity (Wildman–Crippen MR) is 146 cm³/mol. The Kier molecular flexibility index (Phi) is 7.96. The monoisotopic (exact) mass is 527 g/mol. The quantitative estimate of drug-likeness (QED) is 0.378. The maximum atomic E-state index is 14.5. The Hall–Kier alpha value is -2.32. The van der Waals surface area contributed by atoms with Crippen molar-refractivity contribution in [2.45, 2.75) is 59.2 Å². The van der Waals surface area contributed by atoms with E-state index in [0.717, 1.165) is 42.8 Å². The van der Waals surface area contributed by atoms with Crippen molar-refractivity contribution in [3.8, 4) is 11.4 Å². The smallest absolute Gasteiger partial charge is 0.233 e. The summed E-state index contributed by atoms with van der Waals surface area (Å²) in [6.45, 7) is 11.2. The molecule has 0 amide bonds. The summed E-state index contributed by atoms with van der Waals surface area (Å²) in [4.78, 5) is 12.2. The third kappa shape index (κ3) is 5.32. The minimum atomic E-state index is -3.18. The molecule has 9 nitrogen and oxygen atoms in total. The molecule has 3 aromatic rings. The Morgan fingerprint density at radius 3 is 2.81 bits per heavy atom. The fraction of sp³-hybridized carbons (Fsp3) is 0.593. The van der Waals surface area contributed by atoms with Crippen LogP contribution in [0.25, 0.3) is 22.3 Å². The van der Waals surface area contributed by atoms with Crippen molar-refractivity contribution in [3.63, 3.8) is 0 Å². The maximum absolute atomic E-state index is 14.5. The van der Waals surface area contributed by atoms with Gasteiger partial charge in [0.1, 0.15) is 17.0 Å². The van der Waals surface area contributed by atoms with Gasteiger partial charge in [-0.25, -0.2) is 9.67 Å². The first kappa shape index (κ1) is 26.3. The number of hydrogen-bond acceptors (Lipinski definition) is 8. The second kappa shape index (κ2) is 11.2. The van der Waals surface area contributed by atoms with Crippen LogP contribution in [0.2, 0.25) is 0 Å².